The molecule has 0 aliphatic heterocycles. The second kappa shape index (κ2) is 6.39. The lowest BCUT2D eigenvalue weighted by molar-refractivity contribution is -0.148. The molecule has 0 amide bonds. The average Bonchev–Trinajstić information content (AvgIpc) is 2.48. The lowest BCUT2D eigenvalue weighted by Crippen LogP contribution is -2.42. The van der Waals surface area contributed by atoms with Crippen LogP contribution in [-0.2, 0) is 15.1 Å². The smallest absolute Gasteiger partial charge is 0.336 e. The van der Waals surface area contributed by atoms with Gasteiger partial charge in [0.25, 0.3) is 0 Å². The lowest BCUT2D eigenvalue weighted by Gasteiger charge is -2.30. The van der Waals surface area contributed by atoms with Crippen molar-refractivity contribution in [3.63, 3.8) is 0 Å². The van der Waals surface area contributed by atoms with Gasteiger partial charge in [0.1, 0.15) is 5.82 Å². The topological polar surface area (TPSA) is 38.3 Å². The fourth-order valence-electron chi connectivity index (χ4n) is 2.18. The first kappa shape index (κ1) is 15.0. The van der Waals surface area contributed by atoms with Gasteiger partial charge in [-0.25, -0.2) is 9.18 Å². The SMILES string of the molecule is CCOC(=O)C(C)(Nc1ccccc1)c1ccccc1F. The zero-order chi connectivity index (χ0) is 15.3. The summed E-state index contributed by atoms with van der Waals surface area (Å²) in [4.78, 5) is 12.4. The minimum absolute atomic E-state index is 0.235. The van der Waals surface area contributed by atoms with Crippen LogP contribution in [0.5, 0.6) is 0 Å². The van der Waals surface area contributed by atoms with Gasteiger partial charge in [0.05, 0.1) is 6.61 Å². The van der Waals surface area contributed by atoms with Crippen molar-refractivity contribution in [1.29, 1.82) is 0 Å². The van der Waals surface area contributed by atoms with E-state index in [1.165, 1.54) is 6.07 Å². The zero-order valence-corrected chi connectivity index (χ0v) is 12.1. The molecule has 1 unspecified atom stereocenters. The van der Waals surface area contributed by atoms with E-state index in [0.717, 1.165) is 5.69 Å². The maximum atomic E-state index is 14.1. The fraction of sp³-hybridized carbons (Fsp3) is 0.235. The predicted octanol–water partition coefficient (Wildman–Crippen LogP) is 3.72. The largest absolute Gasteiger partial charge is 0.464 e. The molecule has 21 heavy (non-hydrogen) atoms. The molecule has 110 valence electrons. The van der Waals surface area contributed by atoms with Gasteiger partial charge in [0, 0.05) is 11.3 Å². The minimum Gasteiger partial charge on any atom is -0.464 e. The number of carbonyl (C=O) groups is 1. The summed E-state index contributed by atoms with van der Waals surface area (Å²) in [5.74, 6) is -0.963. The number of para-hydroxylation sites is 1. The molecule has 4 heteroatoms. The standard InChI is InChI=1S/C17H18FNO2/c1-3-21-16(20)17(2,14-11-7-8-12-15(14)18)19-13-9-5-4-6-10-13/h4-12,19H,3H2,1-2H3. The van der Waals surface area contributed by atoms with E-state index in [9.17, 15) is 9.18 Å². The Balaban J connectivity index is 2.44. The van der Waals surface area contributed by atoms with Crippen LogP contribution in [0.25, 0.3) is 0 Å². The zero-order valence-electron chi connectivity index (χ0n) is 12.1. The van der Waals surface area contributed by atoms with Gasteiger partial charge in [0.2, 0.25) is 0 Å². The number of halogens is 1. The van der Waals surface area contributed by atoms with E-state index in [4.69, 9.17) is 4.74 Å². The van der Waals surface area contributed by atoms with Crippen molar-refractivity contribution < 1.29 is 13.9 Å². The van der Waals surface area contributed by atoms with Crippen LogP contribution < -0.4 is 5.32 Å². The molecule has 2 rings (SSSR count). The highest BCUT2D eigenvalue weighted by Crippen LogP contribution is 2.29. The van der Waals surface area contributed by atoms with Crippen molar-refractivity contribution in [1.82, 2.24) is 0 Å². The molecule has 0 spiro atoms. The summed E-state index contributed by atoms with van der Waals surface area (Å²) in [6.45, 7) is 3.58. The molecule has 0 aromatic heterocycles. The number of anilines is 1. The minimum atomic E-state index is -1.29. The van der Waals surface area contributed by atoms with Gasteiger partial charge in [-0.1, -0.05) is 36.4 Å². The summed E-state index contributed by atoms with van der Waals surface area (Å²) >= 11 is 0. The van der Waals surface area contributed by atoms with Crippen LogP contribution in [0.1, 0.15) is 19.4 Å². The van der Waals surface area contributed by atoms with Crippen molar-refractivity contribution in [2.75, 3.05) is 11.9 Å². The van der Waals surface area contributed by atoms with Crippen LogP contribution in [0, 0.1) is 5.82 Å². The molecular weight excluding hydrogens is 269 g/mol. The van der Waals surface area contributed by atoms with E-state index in [0.29, 0.717) is 0 Å². The Morgan fingerprint density at radius 1 is 1.14 bits per heavy atom. The molecule has 1 atom stereocenters. The molecule has 0 aliphatic carbocycles. The Hall–Kier alpha value is -2.36. The Bertz CT molecular complexity index is 615. The molecule has 0 bridgehead atoms. The second-order valence-electron chi connectivity index (χ2n) is 4.82. The number of carbonyl (C=O) groups excluding carboxylic acids is 1. The summed E-state index contributed by atoms with van der Waals surface area (Å²) in [5.41, 5.74) is -0.313. The Labute approximate surface area is 123 Å². The molecule has 0 fully saturated rings. The number of ether oxygens (including phenoxy) is 1. The third-order valence-corrected chi connectivity index (χ3v) is 3.26. The molecule has 0 heterocycles. The van der Waals surface area contributed by atoms with Gasteiger partial charge in [-0.2, -0.15) is 0 Å². The number of nitrogens with one attached hydrogen (secondary N) is 1. The van der Waals surface area contributed by atoms with E-state index >= 15 is 0 Å². The third-order valence-electron chi connectivity index (χ3n) is 3.26. The van der Waals surface area contributed by atoms with Crippen LogP contribution in [0.15, 0.2) is 54.6 Å². The van der Waals surface area contributed by atoms with Gasteiger partial charge >= 0.3 is 5.97 Å². The Kier molecular flexibility index (Phi) is 4.58. The van der Waals surface area contributed by atoms with E-state index in [-0.39, 0.29) is 12.2 Å². The van der Waals surface area contributed by atoms with Crippen LogP contribution in [0.2, 0.25) is 0 Å². The van der Waals surface area contributed by atoms with E-state index in [1.54, 1.807) is 32.0 Å². The maximum absolute atomic E-state index is 14.1. The average molecular weight is 287 g/mol. The molecular formula is C17H18FNO2. The predicted molar refractivity (Wildman–Crippen MR) is 80.4 cm³/mol. The molecule has 2 aromatic rings. The first-order valence-electron chi connectivity index (χ1n) is 6.83. The van der Waals surface area contributed by atoms with Crippen molar-refractivity contribution >= 4 is 11.7 Å². The molecule has 3 nitrogen and oxygen atoms in total. The van der Waals surface area contributed by atoms with E-state index in [2.05, 4.69) is 5.32 Å². The molecule has 0 saturated carbocycles. The van der Waals surface area contributed by atoms with Crippen LogP contribution in [0.4, 0.5) is 10.1 Å². The molecule has 0 aliphatic rings. The summed E-state index contributed by atoms with van der Waals surface area (Å²) in [6.07, 6.45) is 0. The van der Waals surface area contributed by atoms with Crippen LogP contribution >= 0.6 is 0 Å². The number of benzene rings is 2. The van der Waals surface area contributed by atoms with Gasteiger partial charge in [0.15, 0.2) is 5.54 Å². The van der Waals surface area contributed by atoms with E-state index in [1.807, 2.05) is 30.3 Å². The summed E-state index contributed by atoms with van der Waals surface area (Å²) in [5, 5.41) is 3.08. The van der Waals surface area contributed by atoms with Gasteiger partial charge in [-0.3, -0.25) is 0 Å². The monoisotopic (exact) mass is 287 g/mol. The quantitative estimate of drug-likeness (QED) is 0.852. The lowest BCUT2D eigenvalue weighted by atomic mass is 9.91. The van der Waals surface area contributed by atoms with Crippen LogP contribution in [-0.4, -0.2) is 12.6 Å². The van der Waals surface area contributed by atoms with Crippen molar-refractivity contribution in [2.24, 2.45) is 0 Å². The Morgan fingerprint density at radius 3 is 2.38 bits per heavy atom. The van der Waals surface area contributed by atoms with Gasteiger partial charge in [-0.15, -0.1) is 0 Å². The molecule has 2 aromatic carbocycles. The van der Waals surface area contributed by atoms with Crippen molar-refractivity contribution in [3.8, 4) is 0 Å². The highest BCUT2D eigenvalue weighted by molar-refractivity contribution is 5.85. The Morgan fingerprint density at radius 2 is 1.76 bits per heavy atom. The number of rotatable bonds is 5. The summed E-state index contributed by atoms with van der Waals surface area (Å²) in [6, 6.07) is 15.4. The van der Waals surface area contributed by atoms with Crippen LogP contribution in [0.3, 0.4) is 0 Å². The third kappa shape index (κ3) is 3.21. The second-order valence-corrected chi connectivity index (χ2v) is 4.82. The molecule has 0 saturated heterocycles. The van der Waals surface area contributed by atoms with E-state index < -0.39 is 17.3 Å². The fourth-order valence-corrected chi connectivity index (χ4v) is 2.18. The molecule has 1 N–H and O–H groups in total. The first-order valence-corrected chi connectivity index (χ1v) is 6.83. The summed E-state index contributed by atoms with van der Waals surface area (Å²) in [7, 11) is 0. The highest BCUT2D eigenvalue weighted by atomic mass is 19.1. The number of hydrogen-bond donors (Lipinski definition) is 1. The van der Waals surface area contributed by atoms with Crippen molar-refractivity contribution in [2.45, 2.75) is 19.4 Å². The van der Waals surface area contributed by atoms with Gasteiger partial charge in [-0.05, 0) is 32.0 Å². The van der Waals surface area contributed by atoms with Crippen molar-refractivity contribution in [3.05, 3.63) is 66.0 Å². The number of hydrogen-bond acceptors (Lipinski definition) is 3. The molecule has 0 radical (unpaired) electrons. The summed E-state index contributed by atoms with van der Waals surface area (Å²) < 4.78 is 19.3. The first-order chi connectivity index (χ1) is 10.1. The highest BCUT2D eigenvalue weighted by Gasteiger charge is 2.38. The normalized spacial score (nSPS) is 13.3. The maximum Gasteiger partial charge on any atom is 0.336 e. The van der Waals surface area contributed by atoms with Gasteiger partial charge < -0.3 is 10.1 Å². The number of esters is 1.